The van der Waals surface area contributed by atoms with Gasteiger partial charge in [-0.2, -0.15) is 0 Å². The summed E-state index contributed by atoms with van der Waals surface area (Å²) in [5, 5.41) is 39.6. The molecule has 3 rings (SSSR count). The van der Waals surface area contributed by atoms with E-state index in [1.807, 2.05) is 26.0 Å². The number of aliphatic hydroxyl groups excluding tert-OH is 4. The van der Waals surface area contributed by atoms with Gasteiger partial charge < -0.3 is 25.2 Å². The number of aryl methyl sites for hydroxylation is 2. The molecule has 1 aliphatic heterocycles. The summed E-state index contributed by atoms with van der Waals surface area (Å²) in [5.74, 6) is 0.849. The third-order valence-electron chi connectivity index (χ3n) is 5.55. The summed E-state index contributed by atoms with van der Waals surface area (Å²) in [6, 6.07) is 12.2. The Morgan fingerprint density at radius 3 is 2.24 bits per heavy atom. The van der Waals surface area contributed by atoms with Gasteiger partial charge in [-0.3, -0.25) is 0 Å². The van der Waals surface area contributed by atoms with Gasteiger partial charge in [0.05, 0.1) is 35.9 Å². The Morgan fingerprint density at radius 2 is 1.62 bits per heavy atom. The quantitative estimate of drug-likeness (QED) is 0.576. The van der Waals surface area contributed by atoms with Crippen LogP contribution in [-0.2, 0) is 6.42 Å². The summed E-state index contributed by atoms with van der Waals surface area (Å²) in [6.45, 7) is 6.40. The Bertz CT molecular complexity index is 821. The molecular weight excluding hydrogens is 388 g/mol. The predicted molar refractivity (Wildman–Crippen MR) is 116 cm³/mol. The van der Waals surface area contributed by atoms with Crippen molar-refractivity contribution in [3.63, 3.8) is 0 Å². The molecule has 0 aliphatic carbocycles. The van der Waals surface area contributed by atoms with Gasteiger partial charge in [-0.15, -0.1) is 11.8 Å². The van der Waals surface area contributed by atoms with Crippen molar-refractivity contribution in [2.24, 2.45) is 0 Å². The van der Waals surface area contributed by atoms with Crippen LogP contribution in [0.1, 0.15) is 40.0 Å². The summed E-state index contributed by atoms with van der Waals surface area (Å²) < 4.78 is 5.51. The lowest BCUT2D eigenvalue weighted by Crippen LogP contribution is -2.51. The highest BCUT2D eigenvalue weighted by molar-refractivity contribution is 8.00. The summed E-state index contributed by atoms with van der Waals surface area (Å²) >= 11 is 1.32. The van der Waals surface area contributed by atoms with Crippen LogP contribution < -0.4 is 4.74 Å². The predicted octanol–water partition coefficient (Wildman–Crippen LogP) is 2.52. The second-order valence-corrected chi connectivity index (χ2v) is 9.02. The van der Waals surface area contributed by atoms with E-state index in [9.17, 15) is 20.4 Å². The first-order chi connectivity index (χ1) is 13.8. The van der Waals surface area contributed by atoms with Crippen molar-refractivity contribution in [1.29, 1.82) is 0 Å². The fourth-order valence-corrected chi connectivity index (χ4v) is 5.37. The number of thioether (sulfide) groups is 1. The Kier molecular flexibility index (Phi) is 7.24. The van der Waals surface area contributed by atoms with E-state index in [0.29, 0.717) is 6.61 Å². The zero-order chi connectivity index (χ0) is 21.1. The fraction of sp³-hybridized carbons (Fsp3) is 0.478. The van der Waals surface area contributed by atoms with Crippen LogP contribution in [0.2, 0.25) is 0 Å². The molecule has 1 saturated heterocycles. The van der Waals surface area contributed by atoms with E-state index in [2.05, 4.69) is 31.2 Å². The smallest absolute Gasteiger partial charge is 0.119 e. The number of rotatable bonds is 6. The van der Waals surface area contributed by atoms with E-state index in [-0.39, 0.29) is 6.61 Å². The van der Waals surface area contributed by atoms with Gasteiger partial charge in [0.1, 0.15) is 11.9 Å². The van der Waals surface area contributed by atoms with Crippen LogP contribution in [0.25, 0.3) is 0 Å². The van der Waals surface area contributed by atoms with E-state index < -0.39 is 28.8 Å². The van der Waals surface area contributed by atoms with Crippen molar-refractivity contribution in [3.05, 3.63) is 64.2 Å². The number of hydrogen-bond donors (Lipinski definition) is 4. The molecule has 0 amide bonds. The van der Waals surface area contributed by atoms with Crippen LogP contribution in [0.4, 0.5) is 0 Å². The van der Waals surface area contributed by atoms with E-state index in [1.54, 1.807) is 0 Å². The summed E-state index contributed by atoms with van der Waals surface area (Å²) in [5.41, 5.74) is 5.42. The van der Waals surface area contributed by atoms with Crippen LogP contribution >= 0.6 is 11.8 Å². The van der Waals surface area contributed by atoms with Crippen LogP contribution in [0, 0.1) is 13.8 Å². The maximum atomic E-state index is 10.6. The van der Waals surface area contributed by atoms with E-state index in [1.165, 1.54) is 11.8 Å². The maximum Gasteiger partial charge on any atom is 0.119 e. The lowest BCUT2D eigenvalue weighted by Gasteiger charge is -2.40. The minimum atomic E-state index is -1.28. The molecule has 1 fully saturated rings. The monoisotopic (exact) mass is 418 g/mol. The van der Waals surface area contributed by atoms with Gasteiger partial charge in [0, 0.05) is 0 Å². The lowest BCUT2D eigenvalue weighted by molar-refractivity contribution is -0.0700. The second-order valence-electron chi connectivity index (χ2n) is 7.64. The molecule has 0 spiro atoms. The largest absolute Gasteiger partial charge is 0.494 e. The topological polar surface area (TPSA) is 90.2 Å². The van der Waals surface area contributed by atoms with Crippen molar-refractivity contribution >= 4 is 11.8 Å². The lowest BCUT2D eigenvalue weighted by atomic mass is 9.90. The number of hydrogen-bond acceptors (Lipinski definition) is 6. The fourth-order valence-electron chi connectivity index (χ4n) is 3.86. The molecule has 29 heavy (non-hydrogen) atoms. The molecule has 0 aromatic heterocycles. The third-order valence-corrected chi connectivity index (χ3v) is 7.16. The number of aliphatic hydroxyl groups is 4. The number of benzene rings is 2. The minimum Gasteiger partial charge on any atom is -0.494 e. The highest BCUT2D eigenvalue weighted by atomic mass is 32.2. The second kappa shape index (κ2) is 9.49. The minimum absolute atomic E-state index is 0.254. The Balaban J connectivity index is 1.89. The SMILES string of the molecule is CCOc1ccc(Cc2cc([C@@H]3SC(CO)[C@@H](O)[C@@H](O)C3O)c(C)cc2C)cc1. The summed E-state index contributed by atoms with van der Waals surface area (Å²) in [7, 11) is 0. The molecule has 2 aromatic rings. The van der Waals surface area contributed by atoms with Crippen molar-refractivity contribution < 1.29 is 25.2 Å². The van der Waals surface area contributed by atoms with Crippen LogP contribution in [0.5, 0.6) is 5.75 Å². The van der Waals surface area contributed by atoms with Crippen molar-refractivity contribution in [1.82, 2.24) is 0 Å². The maximum absolute atomic E-state index is 10.6. The molecule has 1 aliphatic rings. The standard InChI is InChI=1S/C23H30O5S/c1-4-28-17-7-5-15(6-8-17)10-16-11-18(14(3)9-13(16)2)23-22(27)21(26)20(25)19(12-24)29-23/h5-9,11,19-27H,4,10,12H2,1-3H3/t19?,20-,21-,22?,23+/m1/s1. The average Bonchev–Trinajstić information content (AvgIpc) is 2.70. The van der Waals surface area contributed by atoms with E-state index in [4.69, 9.17) is 4.74 Å². The summed E-state index contributed by atoms with van der Waals surface area (Å²) in [4.78, 5) is 0. The van der Waals surface area contributed by atoms with E-state index >= 15 is 0 Å². The average molecular weight is 419 g/mol. The van der Waals surface area contributed by atoms with Crippen LogP contribution in [0.3, 0.4) is 0 Å². The Morgan fingerprint density at radius 1 is 0.931 bits per heavy atom. The summed E-state index contributed by atoms with van der Waals surface area (Å²) in [6.07, 6.45) is -2.79. The highest BCUT2D eigenvalue weighted by Crippen LogP contribution is 2.44. The van der Waals surface area contributed by atoms with Crippen molar-refractivity contribution in [2.75, 3.05) is 13.2 Å². The normalized spacial score (nSPS) is 27.1. The van der Waals surface area contributed by atoms with Crippen LogP contribution in [0.15, 0.2) is 36.4 Å². The molecule has 6 heteroatoms. The van der Waals surface area contributed by atoms with Gasteiger partial charge in [0.2, 0.25) is 0 Å². The van der Waals surface area contributed by atoms with Crippen molar-refractivity contribution in [3.8, 4) is 5.75 Å². The first kappa shape index (κ1) is 22.1. The molecule has 0 bridgehead atoms. The molecule has 158 valence electrons. The molecule has 1 heterocycles. The first-order valence-electron chi connectivity index (χ1n) is 9.98. The highest BCUT2D eigenvalue weighted by Gasteiger charge is 2.44. The van der Waals surface area contributed by atoms with Crippen molar-refractivity contribution in [2.45, 2.75) is 56.0 Å². The molecule has 4 N–H and O–H groups in total. The molecule has 0 radical (unpaired) electrons. The molecule has 0 saturated carbocycles. The van der Waals surface area contributed by atoms with Gasteiger partial charge in [-0.1, -0.05) is 24.3 Å². The zero-order valence-electron chi connectivity index (χ0n) is 17.1. The van der Waals surface area contributed by atoms with Gasteiger partial charge in [-0.05, 0) is 67.1 Å². The third kappa shape index (κ3) is 4.78. The van der Waals surface area contributed by atoms with Gasteiger partial charge in [0.25, 0.3) is 0 Å². The molecule has 2 aromatic carbocycles. The first-order valence-corrected chi connectivity index (χ1v) is 10.9. The van der Waals surface area contributed by atoms with E-state index in [0.717, 1.165) is 40.0 Å². The van der Waals surface area contributed by atoms with Gasteiger partial charge in [-0.25, -0.2) is 0 Å². The van der Waals surface area contributed by atoms with Gasteiger partial charge in [0.15, 0.2) is 0 Å². The Labute approximate surface area is 176 Å². The molecular formula is C23H30O5S. The molecule has 2 unspecified atom stereocenters. The Hall–Kier alpha value is -1.57. The van der Waals surface area contributed by atoms with Crippen LogP contribution in [-0.4, -0.2) is 57.2 Å². The van der Waals surface area contributed by atoms with Gasteiger partial charge >= 0.3 is 0 Å². The molecule has 5 nitrogen and oxygen atoms in total. The number of ether oxygens (including phenoxy) is 1. The molecule has 5 atom stereocenters. The zero-order valence-corrected chi connectivity index (χ0v) is 17.9.